The van der Waals surface area contributed by atoms with Crippen LogP contribution in [0.4, 0.5) is 27.7 Å². The first kappa shape index (κ1) is 38.7. The average Bonchev–Trinajstić information content (AvgIpc) is 3.93. The highest BCUT2D eigenvalue weighted by Crippen LogP contribution is 2.43. The summed E-state index contributed by atoms with van der Waals surface area (Å²) in [7, 11) is 0. The molecule has 61 heavy (non-hydrogen) atoms. The molecule has 0 radical (unpaired) electrons. The quantitative estimate of drug-likeness (QED) is 0.189. The zero-order valence-electron chi connectivity index (χ0n) is 32.9. The summed E-state index contributed by atoms with van der Waals surface area (Å²) in [5.74, 6) is -1.61. The number of carbonyl (C=O) groups is 5. The number of pyridine rings is 1. The van der Waals surface area contributed by atoms with Crippen LogP contribution >= 0.6 is 11.6 Å². The smallest absolute Gasteiger partial charge is 0.262 e. The highest BCUT2D eigenvalue weighted by atomic mass is 35.5. The maximum Gasteiger partial charge on any atom is 0.262 e. The third-order valence-corrected chi connectivity index (χ3v) is 13.1. The fourth-order valence-corrected chi connectivity index (χ4v) is 9.89. The van der Waals surface area contributed by atoms with Crippen LogP contribution in [0.5, 0.6) is 0 Å². The summed E-state index contributed by atoms with van der Waals surface area (Å²) in [5.41, 5.74) is 9.18. The van der Waals surface area contributed by atoms with Crippen LogP contribution in [0.3, 0.4) is 0 Å². The Kier molecular flexibility index (Phi) is 9.47. The second-order valence-electron chi connectivity index (χ2n) is 16.7. The highest BCUT2D eigenvalue weighted by Gasteiger charge is 2.47. The summed E-state index contributed by atoms with van der Waals surface area (Å²) in [6.45, 7) is 6.19. The molecule has 1 spiro atoms. The molecule has 4 saturated heterocycles. The zero-order chi connectivity index (χ0) is 42.2. The number of halogens is 2. The van der Waals surface area contributed by atoms with E-state index in [1.54, 1.807) is 30.6 Å². The predicted molar refractivity (Wildman–Crippen MR) is 224 cm³/mol. The normalized spacial score (nSPS) is 21.3. The molecule has 312 valence electrons. The van der Waals surface area contributed by atoms with Crippen molar-refractivity contribution in [2.75, 3.05) is 66.7 Å². The average molecular weight is 846 g/mol. The molecule has 0 aliphatic carbocycles. The maximum atomic E-state index is 15.8. The van der Waals surface area contributed by atoms with Crippen LogP contribution in [0.1, 0.15) is 63.2 Å². The van der Waals surface area contributed by atoms with E-state index >= 15 is 4.39 Å². The molecule has 4 N–H and O–H groups in total. The lowest BCUT2D eigenvalue weighted by molar-refractivity contribution is -0.136. The number of imidazole rings is 1. The topological polar surface area (TPSA) is 191 Å². The van der Waals surface area contributed by atoms with E-state index in [-0.39, 0.29) is 46.6 Å². The van der Waals surface area contributed by atoms with E-state index in [9.17, 15) is 24.0 Å². The number of nitrogen functional groups attached to an aromatic ring is 1. The van der Waals surface area contributed by atoms with Gasteiger partial charge in [0.2, 0.25) is 17.8 Å². The van der Waals surface area contributed by atoms with Crippen molar-refractivity contribution in [1.82, 2.24) is 34.5 Å². The molecule has 10 rings (SSSR count). The van der Waals surface area contributed by atoms with Gasteiger partial charge >= 0.3 is 0 Å². The van der Waals surface area contributed by atoms with Gasteiger partial charge in [-0.25, -0.2) is 19.3 Å². The van der Waals surface area contributed by atoms with Crippen LogP contribution in [0.25, 0.3) is 16.8 Å². The first-order valence-corrected chi connectivity index (χ1v) is 20.7. The molecule has 16 nitrogen and oxygen atoms in total. The number of likely N-dealkylation sites (tertiary alicyclic amines) is 1. The molecule has 18 heteroatoms. The van der Waals surface area contributed by atoms with Crippen LogP contribution in [0.2, 0.25) is 5.02 Å². The van der Waals surface area contributed by atoms with Gasteiger partial charge in [0.25, 0.3) is 17.7 Å². The SMILES string of the molecule is Nc1nccn2c(N3CCC4(CC3)CN(C[C@H]3CCN(c5ccc6c(c5)C(=O)N(C5CCC(=O)NC5=O)C6=O)C3)C4)nc(-c3ccc(C(=O)Nc4cc(Cl)ccn4)cc3F)c12. The van der Waals surface area contributed by atoms with E-state index in [2.05, 4.69) is 35.3 Å². The second kappa shape index (κ2) is 14.9. The second-order valence-corrected chi connectivity index (χ2v) is 17.2. The van der Waals surface area contributed by atoms with Gasteiger partial charge in [-0.2, -0.15) is 0 Å². The number of anilines is 4. The summed E-state index contributed by atoms with van der Waals surface area (Å²) in [6.07, 6.45) is 8.01. The predicted octanol–water partition coefficient (Wildman–Crippen LogP) is 4.25. The fraction of sp³-hybridized carbons (Fsp3) is 0.349. The monoisotopic (exact) mass is 845 g/mol. The molecule has 3 aromatic heterocycles. The number of fused-ring (bicyclic) bond motifs is 2. The van der Waals surface area contributed by atoms with Crippen molar-refractivity contribution >= 4 is 69.9 Å². The van der Waals surface area contributed by atoms with E-state index in [0.29, 0.717) is 33.7 Å². The van der Waals surface area contributed by atoms with Crippen LogP contribution in [-0.4, -0.2) is 111 Å². The van der Waals surface area contributed by atoms with Crippen molar-refractivity contribution in [2.45, 2.75) is 38.1 Å². The molecular formula is C43H41ClFN11O5. The van der Waals surface area contributed by atoms with Crippen molar-refractivity contribution in [3.63, 3.8) is 0 Å². The fourth-order valence-electron chi connectivity index (χ4n) is 9.73. The summed E-state index contributed by atoms with van der Waals surface area (Å²) >= 11 is 6.02. The Labute approximate surface area is 353 Å². The minimum atomic E-state index is -0.990. The Morgan fingerprint density at radius 1 is 0.918 bits per heavy atom. The van der Waals surface area contributed by atoms with Gasteiger partial charge < -0.3 is 25.8 Å². The highest BCUT2D eigenvalue weighted by molar-refractivity contribution is 6.30. The molecule has 8 heterocycles. The minimum Gasteiger partial charge on any atom is -0.382 e. The van der Waals surface area contributed by atoms with E-state index in [0.717, 1.165) is 75.7 Å². The minimum absolute atomic E-state index is 0.0789. The molecule has 5 aliphatic rings. The summed E-state index contributed by atoms with van der Waals surface area (Å²) < 4.78 is 17.7. The number of carbonyl (C=O) groups excluding carboxylic acids is 5. The molecule has 0 saturated carbocycles. The third-order valence-electron chi connectivity index (χ3n) is 12.8. The Hall–Kier alpha value is -6.46. The number of hydrogen-bond acceptors (Lipinski definition) is 12. The lowest BCUT2D eigenvalue weighted by atomic mass is 9.71. The van der Waals surface area contributed by atoms with E-state index in [1.807, 2.05) is 10.5 Å². The van der Waals surface area contributed by atoms with Crippen LogP contribution < -0.4 is 26.2 Å². The number of piperidine rings is 2. The lowest BCUT2D eigenvalue weighted by Gasteiger charge is -2.54. The standard InChI is InChI=1S/C43H41ClFN11O5/c44-26-7-11-47-33(18-26)49-38(58)25-1-3-29(31(45)17-25)35-36-37(46)48-12-16-55(36)42(51-35)53-14-9-43(10-15-53)22-52(23-43)20-24-8-13-54(21-24)27-2-4-28-30(19-27)41(61)56(40(28)60)32-5-6-34(57)50-39(32)59/h1-4,7,11-12,16-19,24,32H,5-6,8-10,13-15,20-23H2,(H2,46,48)(H,47,49,58)(H,50,57,59)/t24-,32?/m1/s1. The van der Waals surface area contributed by atoms with Gasteiger partial charge in [0.15, 0.2) is 0 Å². The third kappa shape index (κ3) is 6.90. The van der Waals surface area contributed by atoms with E-state index < -0.39 is 41.4 Å². The Bertz CT molecular complexity index is 2670. The van der Waals surface area contributed by atoms with Crippen molar-refractivity contribution in [2.24, 2.45) is 11.3 Å². The Morgan fingerprint density at radius 3 is 2.48 bits per heavy atom. The Balaban J connectivity index is 0.759. The van der Waals surface area contributed by atoms with Gasteiger partial charge in [-0.3, -0.25) is 38.6 Å². The molecule has 2 atom stereocenters. The molecule has 5 aromatic rings. The maximum absolute atomic E-state index is 15.8. The largest absolute Gasteiger partial charge is 0.382 e. The first-order valence-electron chi connectivity index (χ1n) is 20.4. The molecule has 4 fully saturated rings. The van der Waals surface area contributed by atoms with Gasteiger partial charge in [0, 0.05) is 92.7 Å². The first-order chi connectivity index (χ1) is 29.4. The van der Waals surface area contributed by atoms with Crippen LogP contribution in [0.15, 0.2) is 67.1 Å². The number of rotatable bonds is 8. The van der Waals surface area contributed by atoms with Crippen molar-refractivity contribution < 1.29 is 28.4 Å². The number of imide groups is 2. The van der Waals surface area contributed by atoms with Crippen LogP contribution in [0, 0.1) is 17.2 Å². The van der Waals surface area contributed by atoms with Crippen molar-refractivity contribution in [1.29, 1.82) is 0 Å². The number of nitrogens with zero attached hydrogens (tertiary/aromatic N) is 8. The van der Waals surface area contributed by atoms with Crippen molar-refractivity contribution in [3.8, 4) is 11.3 Å². The molecule has 0 bridgehead atoms. The lowest BCUT2D eigenvalue weighted by Crippen LogP contribution is -2.61. The van der Waals surface area contributed by atoms with Crippen molar-refractivity contribution in [3.05, 3.63) is 94.7 Å². The number of hydrogen-bond donors (Lipinski definition) is 3. The van der Waals surface area contributed by atoms with Gasteiger partial charge in [-0.1, -0.05) is 11.6 Å². The van der Waals surface area contributed by atoms with E-state index in [1.165, 1.54) is 30.5 Å². The number of nitrogens with two attached hydrogens (primary N) is 1. The van der Waals surface area contributed by atoms with Gasteiger partial charge in [0.1, 0.15) is 34.7 Å². The summed E-state index contributed by atoms with van der Waals surface area (Å²) in [5, 5.41) is 5.29. The molecular weight excluding hydrogens is 805 g/mol. The van der Waals surface area contributed by atoms with Gasteiger partial charge in [-0.05, 0) is 85.5 Å². The van der Waals surface area contributed by atoms with E-state index in [4.69, 9.17) is 22.3 Å². The van der Waals surface area contributed by atoms with Crippen LogP contribution in [-0.2, 0) is 9.59 Å². The number of benzene rings is 2. The number of nitrogens with one attached hydrogen (secondary N) is 2. The molecule has 2 aromatic carbocycles. The molecule has 5 aliphatic heterocycles. The summed E-state index contributed by atoms with van der Waals surface area (Å²) in [4.78, 5) is 84.9. The number of amides is 5. The number of aromatic nitrogens is 4. The summed E-state index contributed by atoms with van der Waals surface area (Å²) in [6, 6.07) is 11.6. The Morgan fingerprint density at radius 2 is 1.70 bits per heavy atom. The molecule has 1 unspecified atom stereocenters. The van der Waals surface area contributed by atoms with Gasteiger partial charge in [-0.15, -0.1) is 0 Å². The molecule has 5 amide bonds. The van der Waals surface area contributed by atoms with Gasteiger partial charge in [0.05, 0.1) is 11.1 Å². The zero-order valence-corrected chi connectivity index (χ0v) is 33.7.